The highest BCUT2D eigenvalue weighted by atomic mass is 16.5. The molecule has 3 heteroatoms. The second-order valence-electron chi connectivity index (χ2n) is 5.41. The van der Waals surface area contributed by atoms with Gasteiger partial charge in [0.2, 0.25) is 0 Å². The zero-order valence-corrected chi connectivity index (χ0v) is 12.5. The van der Waals surface area contributed by atoms with Crippen LogP contribution in [0.1, 0.15) is 28.7 Å². The summed E-state index contributed by atoms with van der Waals surface area (Å²) in [6.45, 7) is 9.09. The Hall–Kier alpha value is -1.06. The van der Waals surface area contributed by atoms with Crippen LogP contribution in [0.5, 0.6) is 5.75 Å². The van der Waals surface area contributed by atoms with Crippen molar-refractivity contribution >= 4 is 0 Å². The Morgan fingerprint density at radius 3 is 2.74 bits per heavy atom. The van der Waals surface area contributed by atoms with Crippen LogP contribution in [0.2, 0.25) is 0 Å². The Morgan fingerprint density at radius 2 is 2.11 bits per heavy atom. The van der Waals surface area contributed by atoms with Crippen LogP contribution in [0, 0.1) is 20.8 Å². The Kier molecular flexibility index (Phi) is 4.83. The number of benzene rings is 1. The first-order valence-corrected chi connectivity index (χ1v) is 7.08. The quantitative estimate of drug-likeness (QED) is 0.905. The van der Waals surface area contributed by atoms with Gasteiger partial charge >= 0.3 is 0 Å². The standard InChI is InChI=1S/C16H25NO2/c1-11-9-12(2)15(16(18-4)13(11)3)6-5-14-10-19-8-7-17-14/h9,14,17H,5-8,10H2,1-4H3. The highest BCUT2D eigenvalue weighted by Gasteiger charge is 2.16. The van der Waals surface area contributed by atoms with Gasteiger partial charge in [-0.15, -0.1) is 0 Å². The van der Waals surface area contributed by atoms with Gasteiger partial charge in [-0.05, 0) is 55.9 Å². The van der Waals surface area contributed by atoms with Crippen molar-refractivity contribution in [1.82, 2.24) is 5.32 Å². The molecule has 0 amide bonds. The van der Waals surface area contributed by atoms with Crippen LogP contribution in [0.3, 0.4) is 0 Å². The number of hydrogen-bond acceptors (Lipinski definition) is 3. The average Bonchev–Trinajstić information content (AvgIpc) is 2.42. The predicted octanol–water partition coefficient (Wildman–Crippen LogP) is 2.54. The number of aryl methyl sites for hydroxylation is 2. The topological polar surface area (TPSA) is 30.5 Å². The third-order valence-corrected chi connectivity index (χ3v) is 4.06. The molecular weight excluding hydrogens is 238 g/mol. The fourth-order valence-corrected chi connectivity index (χ4v) is 2.82. The van der Waals surface area contributed by atoms with E-state index in [1.807, 2.05) is 0 Å². The summed E-state index contributed by atoms with van der Waals surface area (Å²) in [6, 6.07) is 2.73. The number of hydrogen-bond donors (Lipinski definition) is 1. The molecule has 1 aliphatic rings. The van der Waals surface area contributed by atoms with Gasteiger partial charge in [-0.2, -0.15) is 0 Å². The molecule has 2 rings (SSSR count). The van der Waals surface area contributed by atoms with Crippen molar-refractivity contribution in [2.45, 2.75) is 39.7 Å². The smallest absolute Gasteiger partial charge is 0.125 e. The molecule has 1 aliphatic heterocycles. The molecule has 0 aliphatic carbocycles. The van der Waals surface area contributed by atoms with Crippen molar-refractivity contribution < 1.29 is 9.47 Å². The summed E-state index contributed by atoms with van der Waals surface area (Å²) in [5.74, 6) is 1.06. The average molecular weight is 263 g/mol. The molecule has 1 saturated heterocycles. The van der Waals surface area contributed by atoms with Gasteiger partial charge in [0.15, 0.2) is 0 Å². The van der Waals surface area contributed by atoms with E-state index < -0.39 is 0 Å². The Bertz CT molecular complexity index is 437. The fourth-order valence-electron chi connectivity index (χ4n) is 2.82. The number of nitrogens with one attached hydrogen (secondary N) is 1. The first kappa shape index (κ1) is 14.4. The predicted molar refractivity (Wildman–Crippen MR) is 78.1 cm³/mol. The molecule has 1 heterocycles. The van der Waals surface area contributed by atoms with E-state index in [4.69, 9.17) is 9.47 Å². The molecule has 0 bridgehead atoms. The van der Waals surface area contributed by atoms with Crippen molar-refractivity contribution in [1.29, 1.82) is 0 Å². The third-order valence-electron chi connectivity index (χ3n) is 4.06. The molecule has 1 aromatic rings. The third kappa shape index (κ3) is 3.28. The van der Waals surface area contributed by atoms with Crippen LogP contribution < -0.4 is 10.1 Å². The molecule has 0 radical (unpaired) electrons. The summed E-state index contributed by atoms with van der Waals surface area (Å²) >= 11 is 0. The van der Waals surface area contributed by atoms with Crippen LogP contribution >= 0.6 is 0 Å². The second-order valence-corrected chi connectivity index (χ2v) is 5.41. The molecule has 1 N–H and O–H groups in total. The lowest BCUT2D eigenvalue weighted by molar-refractivity contribution is 0.0743. The van der Waals surface area contributed by atoms with Gasteiger partial charge < -0.3 is 14.8 Å². The van der Waals surface area contributed by atoms with Gasteiger partial charge in [-0.3, -0.25) is 0 Å². The molecular formula is C16H25NO2. The highest BCUT2D eigenvalue weighted by Crippen LogP contribution is 2.30. The Balaban J connectivity index is 2.12. The molecule has 0 spiro atoms. The van der Waals surface area contributed by atoms with Crippen LogP contribution in [0.25, 0.3) is 0 Å². The molecule has 1 atom stereocenters. The van der Waals surface area contributed by atoms with Crippen molar-refractivity contribution in [2.75, 3.05) is 26.9 Å². The number of ether oxygens (including phenoxy) is 2. The van der Waals surface area contributed by atoms with E-state index in [-0.39, 0.29) is 0 Å². The van der Waals surface area contributed by atoms with Crippen LogP contribution in [-0.4, -0.2) is 32.9 Å². The Labute approximate surface area is 116 Å². The van der Waals surface area contributed by atoms with Gasteiger partial charge in [-0.1, -0.05) is 6.07 Å². The van der Waals surface area contributed by atoms with E-state index in [0.29, 0.717) is 6.04 Å². The van der Waals surface area contributed by atoms with E-state index >= 15 is 0 Å². The fraction of sp³-hybridized carbons (Fsp3) is 0.625. The summed E-state index contributed by atoms with van der Waals surface area (Å²) in [5.41, 5.74) is 5.24. The normalized spacial score (nSPS) is 19.5. The summed E-state index contributed by atoms with van der Waals surface area (Å²) in [5, 5.41) is 3.51. The van der Waals surface area contributed by atoms with Crippen molar-refractivity contribution in [2.24, 2.45) is 0 Å². The van der Waals surface area contributed by atoms with E-state index in [0.717, 1.165) is 38.3 Å². The summed E-state index contributed by atoms with van der Waals surface area (Å²) < 4.78 is 11.1. The summed E-state index contributed by atoms with van der Waals surface area (Å²) in [7, 11) is 1.77. The van der Waals surface area contributed by atoms with E-state index in [1.165, 1.54) is 22.3 Å². The minimum absolute atomic E-state index is 0.472. The van der Waals surface area contributed by atoms with Crippen LogP contribution in [0.4, 0.5) is 0 Å². The van der Waals surface area contributed by atoms with Crippen molar-refractivity contribution in [3.8, 4) is 5.75 Å². The minimum atomic E-state index is 0.472. The molecule has 1 unspecified atom stereocenters. The van der Waals surface area contributed by atoms with E-state index in [9.17, 15) is 0 Å². The first-order chi connectivity index (χ1) is 9.13. The lowest BCUT2D eigenvalue weighted by atomic mass is 9.94. The molecule has 19 heavy (non-hydrogen) atoms. The molecule has 0 aromatic heterocycles. The van der Waals surface area contributed by atoms with Gasteiger partial charge in [0, 0.05) is 12.6 Å². The lowest BCUT2D eigenvalue weighted by Gasteiger charge is -2.25. The van der Waals surface area contributed by atoms with Crippen LogP contribution in [0.15, 0.2) is 6.07 Å². The second kappa shape index (κ2) is 6.40. The maximum absolute atomic E-state index is 5.63. The number of morpholine rings is 1. The van der Waals surface area contributed by atoms with Crippen molar-refractivity contribution in [3.05, 3.63) is 28.3 Å². The lowest BCUT2D eigenvalue weighted by Crippen LogP contribution is -2.41. The van der Waals surface area contributed by atoms with Gasteiger partial charge in [-0.25, -0.2) is 0 Å². The minimum Gasteiger partial charge on any atom is -0.496 e. The van der Waals surface area contributed by atoms with E-state index in [2.05, 4.69) is 32.2 Å². The maximum atomic E-state index is 5.63. The van der Waals surface area contributed by atoms with Crippen molar-refractivity contribution in [3.63, 3.8) is 0 Å². The highest BCUT2D eigenvalue weighted by molar-refractivity contribution is 5.49. The summed E-state index contributed by atoms with van der Waals surface area (Å²) in [4.78, 5) is 0. The zero-order valence-electron chi connectivity index (χ0n) is 12.5. The van der Waals surface area contributed by atoms with E-state index in [1.54, 1.807) is 7.11 Å². The largest absolute Gasteiger partial charge is 0.496 e. The SMILES string of the molecule is COc1c(C)c(C)cc(C)c1CCC1COCCN1. The molecule has 1 aromatic carbocycles. The molecule has 1 fully saturated rings. The maximum Gasteiger partial charge on any atom is 0.125 e. The molecule has 3 nitrogen and oxygen atoms in total. The monoisotopic (exact) mass is 263 g/mol. The summed E-state index contributed by atoms with van der Waals surface area (Å²) in [6.07, 6.45) is 2.14. The van der Waals surface area contributed by atoms with Gasteiger partial charge in [0.1, 0.15) is 5.75 Å². The molecule has 0 saturated carbocycles. The van der Waals surface area contributed by atoms with Gasteiger partial charge in [0.05, 0.1) is 20.3 Å². The van der Waals surface area contributed by atoms with Gasteiger partial charge in [0.25, 0.3) is 0 Å². The zero-order chi connectivity index (χ0) is 13.8. The first-order valence-electron chi connectivity index (χ1n) is 7.08. The number of rotatable bonds is 4. The van der Waals surface area contributed by atoms with Crippen LogP contribution in [-0.2, 0) is 11.2 Å². The number of methoxy groups -OCH3 is 1. The molecule has 106 valence electrons. The Morgan fingerprint density at radius 1 is 1.32 bits per heavy atom.